The van der Waals surface area contributed by atoms with Crippen LogP contribution in [0, 0.1) is 0 Å². The molecule has 0 aliphatic heterocycles. The Morgan fingerprint density at radius 3 is 1.61 bits per heavy atom. The molecule has 10 aromatic rings. The highest BCUT2D eigenvalue weighted by Crippen LogP contribution is 2.42. The van der Waals surface area contributed by atoms with Crippen molar-refractivity contribution in [3.63, 3.8) is 0 Å². The largest absolute Gasteiger partial charge is 0.310 e. The predicted octanol–water partition coefficient (Wildman–Crippen LogP) is 14.4. The summed E-state index contributed by atoms with van der Waals surface area (Å²) >= 11 is 0. The molecule has 2 nitrogen and oxygen atoms in total. The lowest BCUT2D eigenvalue weighted by molar-refractivity contribution is 1.18. The van der Waals surface area contributed by atoms with E-state index < -0.39 is 0 Å². The molecular weight excluding hydrogens is 653 g/mol. The summed E-state index contributed by atoms with van der Waals surface area (Å²) in [6.07, 6.45) is 0. The molecule has 2 heteroatoms. The number of aromatic nitrogens is 1. The first-order valence-electron chi connectivity index (χ1n) is 18.5. The molecule has 0 aliphatic carbocycles. The molecule has 54 heavy (non-hydrogen) atoms. The van der Waals surface area contributed by atoms with Crippen molar-refractivity contribution in [3.8, 4) is 39.1 Å². The van der Waals surface area contributed by atoms with E-state index in [-0.39, 0.29) is 0 Å². The fourth-order valence-corrected chi connectivity index (χ4v) is 7.98. The van der Waals surface area contributed by atoms with Crippen LogP contribution in [-0.4, -0.2) is 4.57 Å². The van der Waals surface area contributed by atoms with Gasteiger partial charge in [-0.1, -0.05) is 158 Å². The standard InChI is InChI=1S/C52H36N2/c1-3-13-37(14-4-1)39-25-27-40(28-26-39)41-29-32-45(33-30-41)53(47-34-31-38-15-7-8-16-42(38)35-47)46-20-11-17-43(36-46)48-22-12-24-51-52(48)49-21-9-10-23-50(49)54(51)44-18-5-2-6-19-44/h1-36H. The Labute approximate surface area is 315 Å². The molecule has 0 spiro atoms. The van der Waals surface area contributed by atoms with Crippen molar-refractivity contribution in [2.45, 2.75) is 0 Å². The van der Waals surface area contributed by atoms with Crippen LogP contribution in [0.25, 0.3) is 71.6 Å². The van der Waals surface area contributed by atoms with Crippen LogP contribution < -0.4 is 4.90 Å². The van der Waals surface area contributed by atoms with Crippen molar-refractivity contribution in [2.75, 3.05) is 4.90 Å². The first kappa shape index (κ1) is 31.6. The number of hydrogen-bond donors (Lipinski definition) is 0. The first-order chi connectivity index (χ1) is 26.8. The third kappa shape index (κ3) is 5.62. The van der Waals surface area contributed by atoms with Gasteiger partial charge in [0.05, 0.1) is 11.0 Å². The van der Waals surface area contributed by atoms with E-state index in [1.54, 1.807) is 0 Å². The Balaban J connectivity index is 1.09. The third-order valence-electron chi connectivity index (χ3n) is 10.6. The zero-order valence-corrected chi connectivity index (χ0v) is 29.7. The topological polar surface area (TPSA) is 8.17 Å². The second-order valence-corrected chi connectivity index (χ2v) is 13.8. The maximum absolute atomic E-state index is 2.39. The van der Waals surface area contributed by atoms with Crippen LogP contribution in [0.15, 0.2) is 218 Å². The van der Waals surface area contributed by atoms with Gasteiger partial charge in [0.25, 0.3) is 0 Å². The number of fused-ring (bicyclic) bond motifs is 4. The van der Waals surface area contributed by atoms with Crippen LogP contribution in [0.2, 0.25) is 0 Å². The smallest absolute Gasteiger partial charge is 0.0547 e. The molecule has 0 atom stereocenters. The Morgan fingerprint density at radius 1 is 0.315 bits per heavy atom. The maximum atomic E-state index is 2.39. The minimum Gasteiger partial charge on any atom is -0.310 e. The highest BCUT2D eigenvalue weighted by Gasteiger charge is 2.18. The molecule has 1 aromatic heterocycles. The molecule has 0 unspecified atom stereocenters. The SMILES string of the molecule is c1ccc(-c2ccc(-c3ccc(N(c4cccc(-c5cccc6c5c5ccccc5n6-c5ccccc5)c4)c4ccc5ccccc5c4)cc3)cc2)cc1. The number of hydrogen-bond acceptors (Lipinski definition) is 1. The summed E-state index contributed by atoms with van der Waals surface area (Å²) in [6.45, 7) is 0. The van der Waals surface area contributed by atoms with E-state index in [1.807, 2.05) is 0 Å². The number of nitrogens with zero attached hydrogens (tertiary/aromatic N) is 2. The molecule has 10 rings (SSSR count). The minimum atomic E-state index is 1.10. The lowest BCUT2D eigenvalue weighted by atomic mass is 9.98. The predicted molar refractivity (Wildman–Crippen MR) is 229 cm³/mol. The van der Waals surface area contributed by atoms with Crippen molar-refractivity contribution >= 4 is 49.6 Å². The summed E-state index contributed by atoms with van der Waals surface area (Å²) in [7, 11) is 0. The molecule has 0 N–H and O–H groups in total. The molecule has 1 heterocycles. The van der Waals surface area contributed by atoms with Crippen molar-refractivity contribution < 1.29 is 0 Å². The molecule has 254 valence electrons. The number of anilines is 3. The van der Waals surface area contributed by atoms with E-state index in [2.05, 4.69) is 228 Å². The van der Waals surface area contributed by atoms with Crippen molar-refractivity contribution in [3.05, 3.63) is 218 Å². The fourth-order valence-electron chi connectivity index (χ4n) is 7.98. The van der Waals surface area contributed by atoms with Crippen molar-refractivity contribution in [1.29, 1.82) is 0 Å². The van der Waals surface area contributed by atoms with E-state index in [1.165, 1.54) is 66.0 Å². The Morgan fingerprint density at radius 2 is 0.852 bits per heavy atom. The summed E-state index contributed by atoms with van der Waals surface area (Å²) in [5.74, 6) is 0. The van der Waals surface area contributed by atoms with Gasteiger partial charge in [0.15, 0.2) is 0 Å². The molecule has 0 aliphatic rings. The Kier molecular flexibility index (Phi) is 7.85. The molecule has 0 radical (unpaired) electrons. The van der Waals surface area contributed by atoms with Crippen molar-refractivity contribution in [1.82, 2.24) is 4.57 Å². The normalized spacial score (nSPS) is 11.3. The van der Waals surface area contributed by atoms with Gasteiger partial charge in [-0.2, -0.15) is 0 Å². The summed E-state index contributed by atoms with van der Waals surface area (Å²) in [5, 5.41) is 4.95. The summed E-state index contributed by atoms with van der Waals surface area (Å²) in [6, 6.07) is 78.8. The molecular formula is C52H36N2. The average Bonchev–Trinajstić information content (AvgIpc) is 3.59. The molecule has 0 saturated heterocycles. The van der Waals surface area contributed by atoms with Gasteiger partial charge in [-0.25, -0.2) is 0 Å². The van der Waals surface area contributed by atoms with Gasteiger partial charge in [0.2, 0.25) is 0 Å². The van der Waals surface area contributed by atoms with Gasteiger partial charge < -0.3 is 9.47 Å². The van der Waals surface area contributed by atoms with E-state index in [9.17, 15) is 0 Å². The monoisotopic (exact) mass is 688 g/mol. The lowest BCUT2D eigenvalue weighted by Gasteiger charge is -2.26. The van der Waals surface area contributed by atoms with Crippen molar-refractivity contribution in [2.24, 2.45) is 0 Å². The van der Waals surface area contributed by atoms with Gasteiger partial charge in [-0.15, -0.1) is 0 Å². The lowest BCUT2D eigenvalue weighted by Crippen LogP contribution is -2.10. The molecule has 9 aromatic carbocycles. The van der Waals surface area contributed by atoms with Crippen LogP contribution in [-0.2, 0) is 0 Å². The second-order valence-electron chi connectivity index (χ2n) is 13.8. The highest BCUT2D eigenvalue weighted by atomic mass is 15.1. The number of para-hydroxylation sites is 2. The second kappa shape index (κ2) is 13.4. The molecule has 0 saturated carbocycles. The van der Waals surface area contributed by atoms with Crippen LogP contribution >= 0.6 is 0 Å². The zero-order chi connectivity index (χ0) is 35.8. The van der Waals surface area contributed by atoms with Gasteiger partial charge in [0.1, 0.15) is 0 Å². The van der Waals surface area contributed by atoms with Crippen LogP contribution in [0.5, 0.6) is 0 Å². The molecule has 0 bridgehead atoms. The Hall–Kier alpha value is -7.16. The van der Waals surface area contributed by atoms with E-state index in [0.717, 1.165) is 22.7 Å². The number of rotatable bonds is 7. The first-order valence-corrected chi connectivity index (χ1v) is 18.5. The van der Waals surface area contributed by atoms with Crippen LogP contribution in [0.1, 0.15) is 0 Å². The van der Waals surface area contributed by atoms with Gasteiger partial charge in [0, 0.05) is 33.5 Å². The number of benzene rings is 9. The summed E-state index contributed by atoms with van der Waals surface area (Å²) in [4.78, 5) is 2.38. The van der Waals surface area contributed by atoms with E-state index in [0.29, 0.717) is 0 Å². The van der Waals surface area contributed by atoms with E-state index >= 15 is 0 Å². The quantitative estimate of drug-likeness (QED) is 0.162. The Bertz CT molecular complexity index is 2910. The maximum Gasteiger partial charge on any atom is 0.0547 e. The zero-order valence-electron chi connectivity index (χ0n) is 29.7. The van der Waals surface area contributed by atoms with Gasteiger partial charge in [-0.05, 0) is 105 Å². The summed E-state index contributed by atoms with van der Waals surface area (Å²) < 4.78 is 2.39. The van der Waals surface area contributed by atoms with Crippen LogP contribution in [0.3, 0.4) is 0 Å². The van der Waals surface area contributed by atoms with E-state index in [4.69, 9.17) is 0 Å². The van der Waals surface area contributed by atoms with Gasteiger partial charge >= 0.3 is 0 Å². The summed E-state index contributed by atoms with van der Waals surface area (Å²) in [5.41, 5.74) is 14.1. The fraction of sp³-hybridized carbons (Fsp3) is 0. The third-order valence-corrected chi connectivity index (χ3v) is 10.6. The molecule has 0 amide bonds. The van der Waals surface area contributed by atoms with Gasteiger partial charge in [-0.3, -0.25) is 0 Å². The molecule has 0 fully saturated rings. The highest BCUT2D eigenvalue weighted by molar-refractivity contribution is 6.16. The average molecular weight is 689 g/mol. The van der Waals surface area contributed by atoms with Crippen LogP contribution in [0.4, 0.5) is 17.1 Å². The minimum absolute atomic E-state index is 1.10.